The minimum Gasteiger partial charge on any atom is -0.759 e. The molecule has 4 aromatic carbocycles. The van der Waals surface area contributed by atoms with Crippen molar-refractivity contribution in [3.63, 3.8) is 0 Å². The van der Waals surface area contributed by atoms with Gasteiger partial charge in [-0.25, -0.2) is 0 Å². The van der Waals surface area contributed by atoms with E-state index in [9.17, 15) is 20.0 Å². The third kappa shape index (κ3) is 5.32. The normalized spacial score (nSPS) is 9.72. The first-order chi connectivity index (χ1) is 13.7. The number of hydrogen-bond donors (Lipinski definition) is 2. The zero-order chi connectivity index (χ0) is 19.9. The van der Waals surface area contributed by atoms with Crippen molar-refractivity contribution in [2.75, 3.05) is 0 Å². The van der Waals surface area contributed by atoms with Crippen molar-refractivity contribution < 1.29 is 9.59 Å². The van der Waals surface area contributed by atoms with Crippen LogP contribution in [0.15, 0.2) is 84.9 Å². The Balaban J connectivity index is 0.000000200. The van der Waals surface area contributed by atoms with Crippen molar-refractivity contribution in [2.45, 2.75) is 0 Å². The summed E-state index contributed by atoms with van der Waals surface area (Å²) in [5, 5.41) is 24.0. The van der Waals surface area contributed by atoms with Crippen molar-refractivity contribution >= 4 is 71.1 Å². The van der Waals surface area contributed by atoms with Crippen LogP contribution in [0, 0.1) is 10.4 Å². The Hall–Kier alpha value is -2.48. The van der Waals surface area contributed by atoms with Crippen LogP contribution in [0.25, 0.3) is 21.5 Å². The van der Waals surface area contributed by atoms with E-state index in [1.807, 2.05) is 60.7 Å². The molecule has 0 atom stereocenters. The van der Waals surface area contributed by atoms with E-state index in [0.29, 0.717) is 11.1 Å². The van der Waals surface area contributed by atoms with Gasteiger partial charge >= 0.3 is 37.7 Å². The van der Waals surface area contributed by atoms with Crippen LogP contribution in [-0.2, 0) is 0 Å². The van der Waals surface area contributed by atoms with E-state index in [4.69, 9.17) is 0 Å². The van der Waals surface area contributed by atoms with Gasteiger partial charge in [0.25, 0.3) is 0 Å². The molecule has 0 fully saturated rings. The second kappa shape index (κ2) is 10.9. The number of carbonyl (C=O) groups excluding carboxylic acids is 2. The summed E-state index contributed by atoms with van der Waals surface area (Å²) in [4.78, 5) is 22.4. The predicted octanol–water partition coefficient (Wildman–Crippen LogP) is 3.75. The summed E-state index contributed by atoms with van der Waals surface area (Å²) < 4.78 is 0. The van der Waals surface area contributed by atoms with Crippen LogP contribution in [0.5, 0.6) is 0 Å². The monoisotopic (exact) mass is 412 g/mol. The van der Waals surface area contributed by atoms with E-state index in [1.165, 1.54) is 11.0 Å². The van der Waals surface area contributed by atoms with Crippen molar-refractivity contribution in [1.82, 2.24) is 11.0 Å². The average Bonchev–Trinajstić information content (AvgIpc) is 2.77. The van der Waals surface area contributed by atoms with Gasteiger partial charge in [0.1, 0.15) is 0 Å². The minimum absolute atomic E-state index is 0. The number of carbonyl (C=O) groups is 2. The van der Waals surface area contributed by atoms with Gasteiger partial charge in [-0.3, -0.25) is 9.59 Å². The molecule has 0 saturated heterocycles. The van der Waals surface area contributed by atoms with Crippen LogP contribution in [-0.4, -0.2) is 49.6 Å². The van der Waals surface area contributed by atoms with E-state index in [1.54, 1.807) is 24.3 Å². The Bertz CT molecular complexity index is 1050. The molecule has 4 aromatic rings. The summed E-state index contributed by atoms with van der Waals surface area (Å²) in [5.41, 5.74) is 3.60. The molecule has 6 nitrogen and oxygen atoms in total. The summed E-state index contributed by atoms with van der Waals surface area (Å²) in [6.07, 6.45) is 0. The summed E-state index contributed by atoms with van der Waals surface area (Å²) in [5.74, 6) is -1.19. The van der Waals surface area contributed by atoms with Gasteiger partial charge < -0.3 is 21.4 Å². The van der Waals surface area contributed by atoms with Crippen molar-refractivity contribution in [3.8, 4) is 0 Å². The molecule has 0 saturated carbocycles. The maximum Gasteiger partial charge on any atom is 2.00 e. The fraction of sp³-hybridized carbons (Fsp3) is 0. The molecule has 0 radical (unpaired) electrons. The fourth-order valence-electron chi connectivity index (χ4n) is 2.96. The molecular weight excluding hydrogens is 396 g/mol. The van der Waals surface area contributed by atoms with E-state index in [2.05, 4.69) is 0 Å². The van der Waals surface area contributed by atoms with Crippen LogP contribution in [0.4, 0.5) is 0 Å². The van der Waals surface area contributed by atoms with Crippen molar-refractivity contribution in [2.24, 2.45) is 0 Å². The van der Waals surface area contributed by atoms with Crippen LogP contribution >= 0.6 is 0 Å². The second-order valence-electron chi connectivity index (χ2n) is 5.92. The van der Waals surface area contributed by atoms with Gasteiger partial charge in [0.2, 0.25) is 11.8 Å². The molecule has 0 bridgehead atoms. The maximum atomic E-state index is 11.2. The van der Waals surface area contributed by atoms with Crippen LogP contribution in [0.3, 0.4) is 0 Å². The quantitative estimate of drug-likeness (QED) is 0.386. The molecule has 2 N–H and O–H groups in total. The Morgan fingerprint density at radius 2 is 0.897 bits per heavy atom. The molecule has 7 heteroatoms. The first-order valence-corrected chi connectivity index (χ1v) is 8.46. The number of amides is 2. The van der Waals surface area contributed by atoms with Crippen molar-refractivity contribution in [3.05, 3.63) is 106 Å². The molecule has 0 aliphatic heterocycles. The van der Waals surface area contributed by atoms with E-state index < -0.39 is 11.8 Å². The van der Waals surface area contributed by atoms with Gasteiger partial charge in [-0.1, -0.05) is 72.8 Å². The van der Waals surface area contributed by atoms with E-state index in [-0.39, 0.29) is 37.7 Å². The number of hydroxylamine groups is 2. The first kappa shape index (κ1) is 22.8. The molecule has 140 valence electrons. The minimum atomic E-state index is -0.596. The smallest absolute Gasteiger partial charge is 0.759 e. The first-order valence-electron chi connectivity index (χ1n) is 8.46. The summed E-state index contributed by atoms with van der Waals surface area (Å²) >= 11 is 0. The fourth-order valence-corrected chi connectivity index (χ4v) is 2.96. The molecule has 29 heavy (non-hydrogen) atoms. The third-order valence-electron chi connectivity index (χ3n) is 4.25. The summed E-state index contributed by atoms with van der Waals surface area (Å²) in [6.45, 7) is 0. The molecule has 0 aliphatic carbocycles. The largest absolute Gasteiger partial charge is 2.00 e. The maximum absolute atomic E-state index is 11.2. The molecule has 0 unspecified atom stereocenters. The summed E-state index contributed by atoms with van der Waals surface area (Å²) in [7, 11) is 0. The zero-order valence-electron chi connectivity index (χ0n) is 15.4. The Labute approximate surface area is 197 Å². The average molecular weight is 412 g/mol. The SMILES string of the molecule is O=C(N[O-])c1cccc2ccccc12.O=C(N[O-])c1cccc2ccccc12.[Ca+2]. The van der Waals surface area contributed by atoms with Gasteiger partial charge in [0.05, 0.1) is 0 Å². The standard InChI is InChI=1S/2C11H8NO2.Ca/c2*13-11(12-14)10-7-3-5-8-4-1-2-6-9(8)10;/h2*1-7H,(H-,12,13,14);/q2*-1;+2. The number of hydrogen-bond acceptors (Lipinski definition) is 4. The van der Waals surface area contributed by atoms with Gasteiger partial charge in [0.15, 0.2) is 0 Å². The van der Waals surface area contributed by atoms with Crippen LogP contribution in [0.1, 0.15) is 20.7 Å². The molecule has 0 aromatic heterocycles. The number of fused-ring (bicyclic) bond motifs is 2. The number of nitrogens with one attached hydrogen (secondary N) is 2. The van der Waals surface area contributed by atoms with Crippen molar-refractivity contribution in [1.29, 1.82) is 0 Å². The molecule has 0 spiro atoms. The third-order valence-corrected chi connectivity index (χ3v) is 4.25. The van der Waals surface area contributed by atoms with E-state index >= 15 is 0 Å². The Morgan fingerprint density at radius 1 is 0.552 bits per heavy atom. The molecule has 0 aliphatic rings. The van der Waals surface area contributed by atoms with Gasteiger partial charge in [-0.2, -0.15) is 0 Å². The predicted molar refractivity (Wildman–Crippen MR) is 115 cm³/mol. The Morgan fingerprint density at radius 3 is 1.28 bits per heavy atom. The topological polar surface area (TPSA) is 104 Å². The van der Waals surface area contributed by atoms with Crippen LogP contribution in [0.2, 0.25) is 0 Å². The molecule has 4 rings (SSSR count). The van der Waals surface area contributed by atoms with Gasteiger partial charge in [-0.15, -0.1) is 0 Å². The molecular formula is C22H16CaN2O4. The number of benzene rings is 4. The van der Waals surface area contributed by atoms with Gasteiger partial charge in [0, 0.05) is 11.1 Å². The number of rotatable bonds is 2. The molecule has 0 heterocycles. The Kier molecular flexibility index (Phi) is 8.57. The molecule has 2 amide bonds. The zero-order valence-corrected chi connectivity index (χ0v) is 17.6. The second-order valence-corrected chi connectivity index (χ2v) is 5.92. The van der Waals surface area contributed by atoms with E-state index in [0.717, 1.165) is 21.5 Å². The van der Waals surface area contributed by atoms with Gasteiger partial charge in [-0.05, 0) is 33.7 Å². The summed E-state index contributed by atoms with van der Waals surface area (Å²) in [6, 6.07) is 25.5. The van der Waals surface area contributed by atoms with Crippen LogP contribution < -0.4 is 11.0 Å².